The minimum absolute atomic E-state index is 0. The van der Waals surface area contributed by atoms with E-state index in [1.54, 1.807) is 25.3 Å². The summed E-state index contributed by atoms with van der Waals surface area (Å²) >= 11 is 11.9. The molecule has 0 saturated heterocycles. The van der Waals surface area contributed by atoms with E-state index in [1.807, 2.05) is 0 Å². The summed E-state index contributed by atoms with van der Waals surface area (Å²) in [5.74, 6) is -0.391. The molecule has 0 aliphatic heterocycles. The average Bonchev–Trinajstić information content (AvgIpc) is 2.61. The number of rotatable bonds is 2. The predicted molar refractivity (Wildman–Crippen MR) is 66.2 cm³/mol. The van der Waals surface area contributed by atoms with Gasteiger partial charge in [-0.2, -0.15) is 0 Å². The van der Waals surface area contributed by atoms with E-state index in [0.29, 0.717) is 27.6 Å². The molecule has 7 heteroatoms. The van der Waals surface area contributed by atoms with E-state index in [4.69, 9.17) is 27.9 Å². The second kappa shape index (κ2) is 7.08. The van der Waals surface area contributed by atoms with Crippen molar-refractivity contribution in [3.05, 3.63) is 33.9 Å². The summed E-state index contributed by atoms with van der Waals surface area (Å²) in [7, 11) is 0. The molecule has 0 aliphatic rings. The Morgan fingerprint density at radius 2 is 2.06 bits per heavy atom. The zero-order valence-corrected chi connectivity index (χ0v) is 11.5. The van der Waals surface area contributed by atoms with Crippen molar-refractivity contribution in [3.8, 4) is 0 Å². The molecule has 2 N–H and O–H groups in total. The van der Waals surface area contributed by atoms with E-state index in [-0.39, 0.29) is 24.3 Å². The molecule has 0 aliphatic carbocycles. The molecule has 1 aromatic carbocycles. The van der Waals surface area contributed by atoms with Crippen LogP contribution in [-0.2, 0) is 4.74 Å². The molecule has 0 bridgehead atoms. The Balaban J connectivity index is 0.00000144. The number of ether oxygens (including phenoxy) is 1. The Bertz CT molecular complexity index is 556. The normalized spacial score (nSPS) is 9.50. The van der Waals surface area contributed by atoms with Gasteiger partial charge < -0.3 is 15.2 Å². The van der Waals surface area contributed by atoms with Crippen molar-refractivity contribution < 1.29 is 33.9 Å². The summed E-state index contributed by atoms with van der Waals surface area (Å²) in [6, 6.07) is 3.31. The Morgan fingerprint density at radius 1 is 1.39 bits per heavy atom. The zero-order chi connectivity index (χ0) is 11.7. The number of esters is 1. The number of benzene rings is 1. The topological polar surface area (TPSA) is 72.1 Å². The van der Waals surface area contributed by atoms with Crippen LogP contribution < -0.4 is 18.9 Å². The number of nitrogens with one attached hydrogen (secondary N) is 1. The molecule has 0 amide bonds. The van der Waals surface area contributed by atoms with Crippen LogP contribution in [0.15, 0.2) is 18.3 Å². The molecule has 0 fully saturated rings. The minimum Gasteiger partial charge on any atom is -0.870 e. The Morgan fingerprint density at radius 3 is 2.67 bits per heavy atom. The number of hydrogen-bond donors (Lipinski definition) is 1. The number of halogens is 2. The third-order valence-corrected chi connectivity index (χ3v) is 2.71. The van der Waals surface area contributed by atoms with Crippen molar-refractivity contribution >= 4 is 40.1 Å². The first-order valence-corrected chi connectivity index (χ1v) is 5.52. The standard InChI is InChI=1S/C11H9Cl2NO2.Li.H2O/c1-2-16-11(15)7-5-14-9-4-6(12)3-8(13)10(7)9;;/h3-5,14H,2H2,1H3;;1H2/q;+1;/p-1. The molecule has 18 heavy (non-hydrogen) atoms. The van der Waals surface area contributed by atoms with Gasteiger partial charge >= 0.3 is 24.8 Å². The van der Waals surface area contributed by atoms with Crippen molar-refractivity contribution in [2.75, 3.05) is 6.61 Å². The van der Waals surface area contributed by atoms with E-state index >= 15 is 0 Å². The van der Waals surface area contributed by atoms with E-state index in [0.717, 1.165) is 5.52 Å². The molecule has 0 saturated carbocycles. The van der Waals surface area contributed by atoms with Crippen molar-refractivity contribution in [2.45, 2.75) is 6.92 Å². The summed E-state index contributed by atoms with van der Waals surface area (Å²) in [5.41, 5.74) is 1.15. The van der Waals surface area contributed by atoms with Crippen LogP contribution in [0.25, 0.3) is 10.9 Å². The number of aromatic nitrogens is 1. The van der Waals surface area contributed by atoms with Gasteiger partial charge in [-0.25, -0.2) is 4.79 Å². The van der Waals surface area contributed by atoms with Gasteiger partial charge in [0.15, 0.2) is 0 Å². The predicted octanol–water partition coefficient (Wildman–Crippen LogP) is 0.479. The number of carbonyl (C=O) groups excluding carboxylic acids is 1. The molecule has 1 heterocycles. The molecule has 0 spiro atoms. The fourth-order valence-electron chi connectivity index (χ4n) is 1.55. The summed E-state index contributed by atoms with van der Waals surface area (Å²) < 4.78 is 4.93. The van der Waals surface area contributed by atoms with Gasteiger partial charge in [-0.1, -0.05) is 23.2 Å². The first-order chi connectivity index (χ1) is 7.63. The molecule has 2 aromatic rings. The SMILES string of the molecule is CCOC(=O)c1c[nH]c2cc(Cl)cc(Cl)c12.[Li+].[OH-]. The maximum absolute atomic E-state index is 11.6. The van der Waals surface area contributed by atoms with Crippen LogP contribution in [0.5, 0.6) is 0 Å². The van der Waals surface area contributed by atoms with Gasteiger partial charge in [0, 0.05) is 22.1 Å². The van der Waals surface area contributed by atoms with Gasteiger partial charge in [-0.3, -0.25) is 0 Å². The fourth-order valence-corrected chi connectivity index (χ4v) is 2.15. The zero-order valence-electron chi connectivity index (χ0n) is 9.96. The van der Waals surface area contributed by atoms with Crippen LogP contribution >= 0.6 is 23.2 Å². The van der Waals surface area contributed by atoms with Gasteiger partial charge in [0.1, 0.15) is 0 Å². The second-order valence-corrected chi connectivity index (χ2v) is 4.08. The number of hydrogen-bond acceptors (Lipinski definition) is 3. The first kappa shape index (κ1) is 17.4. The molecule has 0 atom stereocenters. The largest absolute Gasteiger partial charge is 1.00 e. The van der Waals surface area contributed by atoms with Gasteiger partial charge in [-0.05, 0) is 19.1 Å². The smallest absolute Gasteiger partial charge is 0.870 e. The van der Waals surface area contributed by atoms with E-state index < -0.39 is 5.97 Å². The number of carbonyl (C=O) groups is 1. The third kappa shape index (κ3) is 3.22. The number of H-pyrrole nitrogens is 1. The van der Waals surface area contributed by atoms with E-state index in [1.165, 1.54) is 0 Å². The summed E-state index contributed by atoms with van der Waals surface area (Å²) in [5, 5.41) is 1.60. The van der Waals surface area contributed by atoms with Crippen LogP contribution in [-0.4, -0.2) is 23.0 Å². The van der Waals surface area contributed by atoms with Crippen molar-refractivity contribution in [1.82, 2.24) is 4.98 Å². The van der Waals surface area contributed by atoms with Crippen molar-refractivity contribution in [1.29, 1.82) is 0 Å². The summed E-state index contributed by atoms with van der Waals surface area (Å²) in [4.78, 5) is 14.6. The third-order valence-electron chi connectivity index (χ3n) is 2.19. The van der Waals surface area contributed by atoms with Crippen LogP contribution in [0, 0.1) is 0 Å². The van der Waals surface area contributed by atoms with Crippen LogP contribution in [0.1, 0.15) is 17.3 Å². The Labute approximate surface area is 126 Å². The second-order valence-electron chi connectivity index (χ2n) is 3.23. The molecular weight excluding hydrogens is 272 g/mol. The molecule has 2 rings (SSSR count). The number of aromatic amines is 1. The van der Waals surface area contributed by atoms with Gasteiger partial charge in [-0.15, -0.1) is 0 Å². The molecule has 0 unspecified atom stereocenters. The molecule has 92 valence electrons. The summed E-state index contributed by atoms with van der Waals surface area (Å²) in [6.45, 7) is 2.09. The average molecular weight is 282 g/mol. The number of fused-ring (bicyclic) bond motifs is 1. The Kier molecular flexibility index (Phi) is 6.83. The van der Waals surface area contributed by atoms with Crippen LogP contribution in [0.3, 0.4) is 0 Å². The van der Waals surface area contributed by atoms with Crippen LogP contribution in [0.4, 0.5) is 0 Å². The van der Waals surface area contributed by atoms with Crippen molar-refractivity contribution in [3.63, 3.8) is 0 Å². The molecule has 0 radical (unpaired) electrons. The van der Waals surface area contributed by atoms with Gasteiger partial charge in [0.05, 0.1) is 17.2 Å². The first-order valence-electron chi connectivity index (χ1n) is 4.76. The van der Waals surface area contributed by atoms with E-state index in [2.05, 4.69) is 4.98 Å². The Hall–Kier alpha value is -0.633. The quantitative estimate of drug-likeness (QED) is 0.643. The maximum atomic E-state index is 11.6. The summed E-state index contributed by atoms with van der Waals surface area (Å²) in [6.07, 6.45) is 1.57. The van der Waals surface area contributed by atoms with Gasteiger partial charge in [0.2, 0.25) is 0 Å². The van der Waals surface area contributed by atoms with Crippen molar-refractivity contribution in [2.24, 2.45) is 0 Å². The molecule has 4 nitrogen and oxygen atoms in total. The minimum atomic E-state index is -0.391. The van der Waals surface area contributed by atoms with E-state index in [9.17, 15) is 4.79 Å². The molecular formula is C11H10Cl2LiNO3. The molecule has 1 aromatic heterocycles. The monoisotopic (exact) mass is 281 g/mol. The fraction of sp³-hybridized carbons (Fsp3) is 0.182. The maximum Gasteiger partial charge on any atom is 1.00 e. The van der Waals surface area contributed by atoms with Gasteiger partial charge in [0.25, 0.3) is 0 Å². The van der Waals surface area contributed by atoms with Crippen LogP contribution in [0.2, 0.25) is 10.0 Å².